The number of benzene rings is 1. The molecule has 1 fully saturated rings. The lowest BCUT2D eigenvalue weighted by Crippen LogP contribution is -2.31. The molecule has 0 heterocycles. The fourth-order valence-corrected chi connectivity index (χ4v) is 2.85. The molecule has 1 aromatic carbocycles. The normalized spacial score (nSPS) is 16.8. The molecule has 1 unspecified atom stereocenters. The molecule has 100 valence electrons. The summed E-state index contributed by atoms with van der Waals surface area (Å²) in [6, 6.07) is 6.34. The lowest BCUT2D eigenvalue weighted by atomic mass is 10.0. The molecule has 0 aliphatic heterocycles. The Labute approximate surface area is 120 Å². The molecule has 3 heteroatoms. The SMILES string of the molecule is CCNC(CCC1CC1)Cc1ccc(Cl)cc1Cl. The summed E-state index contributed by atoms with van der Waals surface area (Å²) in [5.74, 6) is 0.992. The maximum Gasteiger partial charge on any atom is 0.0453 e. The first-order valence-corrected chi connectivity index (χ1v) is 7.62. The molecule has 0 saturated heterocycles. The predicted octanol–water partition coefficient (Wildman–Crippen LogP) is 4.70. The number of likely N-dealkylation sites (N-methyl/N-ethyl adjacent to an activating group) is 1. The van der Waals surface area contributed by atoms with Crippen LogP contribution in [0.25, 0.3) is 0 Å². The summed E-state index contributed by atoms with van der Waals surface area (Å²) in [5, 5.41) is 5.06. The van der Waals surface area contributed by atoms with Crippen molar-refractivity contribution in [2.75, 3.05) is 6.54 Å². The van der Waals surface area contributed by atoms with Gasteiger partial charge in [0, 0.05) is 16.1 Å². The first kappa shape index (κ1) is 14.2. The van der Waals surface area contributed by atoms with E-state index in [1.54, 1.807) is 0 Å². The maximum atomic E-state index is 6.24. The van der Waals surface area contributed by atoms with Crippen molar-refractivity contribution in [3.05, 3.63) is 33.8 Å². The second-order valence-corrected chi connectivity index (χ2v) is 6.06. The molecule has 1 aliphatic rings. The van der Waals surface area contributed by atoms with Gasteiger partial charge in [0.05, 0.1) is 0 Å². The molecule has 1 N–H and O–H groups in total. The number of rotatable bonds is 7. The van der Waals surface area contributed by atoms with Crippen LogP contribution in [0.5, 0.6) is 0 Å². The van der Waals surface area contributed by atoms with Gasteiger partial charge in [-0.1, -0.05) is 49.0 Å². The quantitative estimate of drug-likeness (QED) is 0.765. The molecule has 1 nitrogen and oxygen atoms in total. The third-order valence-electron chi connectivity index (χ3n) is 3.59. The molecule has 1 aromatic rings. The van der Waals surface area contributed by atoms with Crippen molar-refractivity contribution in [3.8, 4) is 0 Å². The predicted molar refractivity (Wildman–Crippen MR) is 79.6 cm³/mol. The van der Waals surface area contributed by atoms with Gasteiger partial charge in [-0.2, -0.15) is 0 Å². The molecule has 0 amide bonds. The maximum absolute atomic E-state index is 6.24. The second kappa shape index (κ2) is 6.79. The van der Waals surface area contributed by atoms with Gasteiger partial charge in [-0.3, -0.25) is 0 Å². The fourth-order valence-electron chi connectivity index (χ4n) is 2.36. The fraction of sp³-hybridized carbons (Fsp3) is 0.600. The van der Waals surface area contributed by atoms with Crippen molar-refractivity contribution < 1.29 is 0 Å². The monoisotopic (exact) mass is 285 g/mol. The van der Waals surface area contributed by atoms with E-state index >= 15 is 0 Å². The van der Waals surface area contributed by atoms with E-state index in [1.165, 1.54) is 31.2 Å². The van der Waals surface area contributed by atoms with E-state index in [0.717, 1.165) is 23.9 Å². The molecule has 18 heavy (non-hydrogen) atoms. The zero-order valence-electron chi connectivity index (χ0n) is 10.9. The van der Waals surface area contributed by atoms with E-state index in [4.69, 9.17) is 23.2 Å². The van der Waals surface area contributed by atoms with Crippen molar-refractivity contribution in [2.45, 2.75) is 45.1 Å². The largest absolute Gasteiger partial charge is 0.314 e. The molecule has 2 rings (SSSR count). The summed E-state index contributed by atoms with van der Waals surface area (Å²) in [7, 11) is 0. The van der Waals surface area contributed by atoms with E-state index in [1.807, 2.05) is 18.2 Å². The van der Waals surface area contributed by atoms with Crippen LogP contribution >= 0.6 is 23.2 Å². The lowest BCUT2D eigenvalue weighted by Gasteiger charge is -2.18. The van der Waals surface area contributed by atoms with E-state index in [0.29, 0.717) is 11.1 Å². The highest BCUT2D eigenvalue weighted by Crippen LogP contribution is 2.34. The van der Waals surface area contributed by atoms with Gasteiger partial charge in [-0.15, -0.1) is 0 Å². The topological polar surface area (TPSA) is 12.0 Å². The van der Waals surface area contributed by atoms with Gasteiger partial charge in [-0.05, 0) is 49.4 Å². The molecule has 0 radical (unpaired) electrons. The molecule has 0 bridgehead atoms. The van der Waals surface area contributed by atoms with Gasteiger partial charge in [-0.25, -0.2) is 0 Å². The Morgan fingerprint density at radius 2 is 2.11 bits per heavy atom. The smallest absolute Gasteiger partial charge is 0.0453 e. The highest BCUT2D eigenvalue weighted by Gasteiger charge is 2.22. The second-order valence-electron chi connectivity index (χ2n) is 5.22. The van der Waals surface area contributed by atoms with Crippen molar-refractivity contribution in [1.29, 1.82) is 0 Å². The Bertz CT molecular complexity index is 388. The number of hydrogen-bond donors (Lipinski definition) is 1. The first-order chi connectivity index (χ1) is 8.69. The van der Waals surface area contributed by atoms with Gasteiger partial charge in [0.1, 0.15) is 0 Å². The highest BCUT2D eigenvalue weighted by molar-refractivity contribution is 6.35. The standard InChI is InChI=1S/C15H21Cl2N/c1-2-18-14(8-5-11-3-4-11)9-12-6-7-13(16)10-15(12)17/h6-7,10-11,14,18H,2-5,8-9H2,1H3. The van der Waals surface area contributed by atoms with E-state index in [-0.39, 0.29) is 0 Å². The van der Waals surface area contributed by atoms with Crippen molar-refractivity contribution in [1.82, 2.24) is 5.32 Å². The lowest BCUT2D eigenvalue weighted by molar-refractivity contribution is 0.462. The van der Waals surface area contributed by atoms with Crippen LogP contribution in [0.2, 0.25) is 10.0 Å². The van der Waals surface area contributed by atoms with Crippen LogP contribution in [0.1, 0.15) is 38.2 Å². The summed E-state index contributed by atoms with van der Waals surface area (Å²) in [4.78, 5) is 0. The van der Waals surface area contributed by atoms with Gasteiger partial charge in [0.2, 0.25) is 0 Å². The van der Waals surface area contributed by atoms with Crippen molar-refractivity contribution in [3.63, 3.8) is 0 Å². The Hall–Kier alpha value is -0.240. The minimum Gasteiger partial charge on any atom is -0.314 e. The Morgan fingerprint density at radius 3 is 2.72 bits per heavy atom. The summed E-state index contributed by atoms with van der Waals surface area (Å²) in [6.45, 7) is 3.17. The van der Waals surface area contributed by atoms with Crippen LogP contribution in [0.15, 0.2) is 18.2 Å². The Morgan fingerprint density at radius 1 is 1.33 bits per heavy atom. The zero-order valence-corrected chi connectivity index (χ0v) is 12.4. The summed E-state index contributed by atoms with van der Waals surface area (Å²) >= 11 is 12.2. The van der Waals surface area contributed by atoms with Crippen molar-refractivity contribution in [2.24, 2.45) is 5.92 Å². The van der Waals surface area contributed by atoms with Gasteiger partial charge < -0.3 is 5.32 Å². The molecular weight excluding hydrogens is 265 g/mol. The minimum atomic E-state index is 0.536. The number of nitrogens with one attached hydrogen (secondary N) is 1. The van der Waals surface area contributed by atoms with Crippen LogP contribution in [0.4, 0.5) is 0 Å². The Kier molecular flexibility index (Phi) is 5.35. The van der Waals surface area contributed by atoms with Crippen LogP contribution < -0.4 is 5.32 Å². The molecular formula is C15H21Cl2N. The van der Waals surface area contributed by atoms with Gasteiger partial charge in [0.15, 0.2) is 0 Å². The summed E-state index contributed by atoms with van der Waals surface area (Å²) < 4.78 is 0. The third kappa shape index (κ3) is 4.46. The zero-order chi connectivity index (χ0) is 13.0. The molecule has 0 aromatic heterocycles. The van der Waals surface area contributed by atoms with Gasteiger partial charge in [0.25, 0.3) is 0 Å². The van der Waals surface area contributed by atoms with Crippen LogP contribution in [0.3, 0.4) is 0 Å². The molecule has 1 aliphatic carbocycles. The van der Waals surface area contributed by atoms with Crippen LogP contribution in [-0.4, -0.2) is 12.6 Å². The van der Waals surface area contributed by atoms with Crippen LogP contribution in [-0.2, 0) is 6.42 Å². The van der Waals surface area contributed by atoms with E-state index in [9.17, 15) is 0 Å². The van der Waals surface area contributed by atoms with E-state index in [2.05, 4.69) is 12.2 Å². The molecule has 1 saturated carbocycles. The molecule has 1 atom stereocenters. The number of halogens is 2. The molecule has 0 spiro atoms. The van der Waals surface area contributed by atoms with Crippen molar-refractivity contribution >= 4 is 23.2 Å². The van der Waals surface area contributed by atoms with Gasteiger partial charge >= 0.3 is 0 Å². The summed E-state index contributed by atoms with van der Waals surface area (Å²) in [5.41, 5.74) is 1.20. The number of hydrogen-bond acceptors (Lipinski definition) is 1. The minimum absolute atomic E-state index is 0.536. The third-order valence-corrected chi connectivity index (χ3v) is 4.18. The Balaban J connectivity index is 1.92. The summed E-state index contributed by atoms with van der Waals surface area (Å²) in [6.07, 6.45) is 6.46. The van der Waals surface area contributed by atoms with E-state index < -0.39 is 0 Å². The first-order valence-electron chi connectivity index (χ1n) is 6.86. The average molecular weight is 286 g/mol. The van der Waals surface area contributed by atoms with Crippen LogP contribution in [0, 0.1) is 5.92 Å². The highest BCUT2D eigenvalue weighted by atomic mass is 35.5. The average Bonchev–Trinajstić information content (AvgIpc) is 3.13.